The van der Waals surface area contributed by atoms with E-state index < -0.39 is 5.41 Å². The Morgan fingerprint density at radius 1 is 0.463 bits per heavy atom. The molecule has 2 nitrogen and oxygen atoms in total. The van der Waals surface area contributed by atoms with Gasteiger partial charge in [-0.2, -0.15) is 0 Å². The molecule has 1 aromatic heterocycles. The van der Waals surface area contributed by atoms with Crippen molar-refractivity contribution in [2.75, 3.05) is 9.80 Å². The highest BCUT2D eigenvalue weighted by atomic mass is 32.1. The quantitative estimate of drug-likeness (QED) is 0.159. The lowest BCUT2D eigenvalue weighted by Gasteiger charge is -2.43. The Kier molecular flexibility index (Phi) is 8.31. The van der Waals surface area contributed by atoms with Crippen LogP contribution in [-0.4, -0.2) is 6.71 Å². The number of benzene rings is 9. The van der Waals surface area contributed by atoms with Crippen LogP contribution in [0.5, 0.6) is 0 Å². The van der Waals surface area contributed by atoms with Crippen LogP contribution in [-0.2, 0) is 5.41 Å². The van der Waals surface area contributed by atoms with E-state index >= 15 is 0 Å². The molecule has 0 atom stereocenters. The third-order valence-corrected chi connectivity index (χ3v) is 16.5. The summed E-state index contributed by atoms with van der Waals surface area (Å²) < 4.78 is 1.40. The average Bonchev–Trinajstić information content (AvgIpc) is 4.01. The van der Waals surface area contributed by atoms with Gasteiger partial charge in [-0.1, -0.05) is 184 Å². The number of thiophene rings is 1. The minimum absolute atomic E-state index is 0.00489. The van der Waals surface area contributed by atoms with E-state index in [-0.39, 0.29) is 6.71 Å². The van der Waals surface area contributed by atoms with Gasteiger partial charge in [0.2, 0.25) is 0 Å². The summed E-state index contributed by atoms with van der Waals surface area (Å²) in [6.45, 7) is 6.90. The van der Waals surface area contributed by atoms with Crippen LogP contribution < -0.4 is 25.5 Å². The van der Waals surface area contributed by atoms with E-state index in [1.165, 1.54) is 121 Å². The van der Waals surface area contributed by atoms with E-state index in [0.29, 0.717) is 5.92 Å². The fourth-order valence-electron chi connectivity index (χ4n) is 12.5. The van der Waals surface area contributed by atoms with E-state index in [1.54, 1.807) is 0 Å². The smallest absolute Gasteiger partial charge is 0.264 e. The highest BCUT2D eigenvalue weighted by Gasteiger charge is 2.56. The average molecular weight is 873 g/mol. The van der Waals surface area contributed by atoms with Crippen molar-refractivity contribution in [3.8, 4) is 44.5 Å². The van der Waals surface area contributed by atoms with Gasteiger partial charge in [-0.05, 0) is 133 Å². The van der Waals surface area contributed by atoms with Crippen LogP contribution in [0.4, 0.5) is 34.1 Å². The Balaban J connectivity index is 1.09. The first-order valence-corrected chi connectivity index (χ1v) is 24.5. The van der Waals surface area contributed by atoms with Crippen LogP contribution in [0.1, 0.15) is 52.5 Å². The van der Waals surface area contributed by atoms with Gasteiger partial charge < -0.3 is 9.80 Å². The van der Waals surface area contributed by atoms with Gasteiger partial charge >= 0.3 is 0 Å². The fourth-order valence-corrected chi connectivity index (χ4v) is 14.2. The summed E-state index contributed by atoms with van der Waals surface area (Å²) in [6.07, 6.45) is 0. The van der Waals surface area contributed by atoms with Gasteiger partial charge in [-0.3, -0.25) is 0 Å². The summed E-state index contributed by atoms with van der Waals surface area (Å²) in [6, 6.07) is 80.0. The van der Waals surface area contributed by atoms with Crippen LogP contribution in [0, 0.1) is 6.92 Å². The van der Waals surface area contributed by atoms with Crippen LogP contribution in [0.15, 0.2) is 212 Å². The van der Waals surface area contributed by atoms with E-state index in [2.05, 4.69) is 243 Å². The van der Waals surface area contributed by atoms with Crippen LogP contribution in [0.25, 0.3) is 44.5 Å². The number of nitrogens with zero attached hydrogens (tertiary/aromatic N) is 2. The maximum Gasteiger partial charge on any atom is 0.264 e. The number of hydrogen-bond donors (Lipinski definition) is 0. The zero-order valence-electron chi connectivity index (χ0n) is 37.7. The van der Waals surface area contributed by atoms with Crippen molar-refractivity contribution in [2.24, 2.45) is 0 Å². The molecule has 0 radical (unpaired) electrons. The van der Waals surface area contributed by atoms with Gasteiger partial charge in [0.05, 0.1) is 11.1 Å². The largest absolute Gasteiger partial charge is 0.311 e. The standard InChI is InChI=1S/C63H45BN2S/c1-39(2)48-38-50(49(36-40(48)3)41-20-7-4-8-21-41)42-34-35-54-57(37-42)65(43-22-9-5-10-23-43)55-32-19-33-56-59(55)64(54)62-60(66(56)44-24-11-6-12-25-44)58-47-28-15-18-31-53(47)63(61(58)67-62)51-29-16-13-26-45(51)46-27-14-17-30-52(46)63/h4-39H,1-3H3. The van der Waals surface area contributed by atoms with Crippen molar-refractivity contribution < 1.29 is 0 Å². The van der Waals surface area contributed by atoms with Crippen molar-refractivity contribution >= 4 is 67.9 Å². The number of anilines is 6. The SMILES string of the molecule is Cc1cc(-c2ccccc2)c(-c2ccc3c(c2)N(c2ccccc2)c2cccc4c2B3c2sc3c(c2N4c2ccccc2)-c2ccccc2C32c3ccccc3-c3ccccc32)cc1C(C)C. The van der Waals surface area contributed by atoms with Crippen molar-refractivity contribution in [1.29, 1.82) is 0 Å². The highest BCUT2D eigenvalue weighted by Crippen LogP contribution is 2.67. The van der Waals surface area contributed by atoms with Crippen molar-refractivity contribution in [3.63, 3.8) is 0 Å². The summed E-state index contributed by atoms with van der Waals surface area (Å²) >= 11 is 2.05. The summed E-state index contributed by atoms with van der Waals surface area (Å²) in [5, 5.41) is 0. The van der Waals surface area contributed by atoms with Gasteiger partial charge in [0, 0.05) is 43.7 Å². The Hall–Kier alpha value is -7.66. The first-order chi connectivity index (χ1) is 33.0. The van der Waals surface area contributed by atoms with Gasteiger partial charge in [0.25, 0.3) is 6.71 Å². The second-order valence-corrected chi connectivity index (χ2v) is 20.0. The molecule has 0 saturated carbocycles. The van der Waals surface area contributed by atoms with Gasteiger partial charge in [0.1, 0.15) is 0 Å². The van der Waals surface area contributed by atoms with Gasteiger partial charge in [-0.15, -0.1) is 11.3 Å². The zero-order chi connectivity index (χ0) is 44.5. The highest BCUT2D eigenvalue weighted by molar-refractivity contribution is 7.30. The third kappa shape index (κ3) is 5.22. The maximum atomic E-state index is 2.61. The van der Waals surface area contributed by atoms with Gasteiger partial charge in [-0.25, -0.2) is 0 Å². The topological polar surface area (TPSA) is 6.48 Å². The summed E-state index contributed by atoms with van der Waals surface area (Å²) in [7, 11) is 0. The molecule has 4 aliphatic rings. The zero-order valence-corrected chi connectivity index (χ0v) is 38.5. The first-order valence-electron chi connectivity index (χ1n) is 23.7. The van der Waals surface area contributed by atoms with E-state index in [1.807, 2.05) is 11.3 Å². The molecule has 2 aliphatic heterocycles. The molecule has 14 rings (SSSR count). The minimum Gasteiger partial charge on any atom is -0.311 e. The molecule has 3 heterocycles. The molecule has 4 heteroatoms. The Bertz CT molecular complexity index is 3600. The molecule has 2 aliphatic carbocycles. The minimum atomic E-state index is -0.441. The number of fused-ring (bicyclic) bond motifs is 15. The number of para-hydroxylation sites is 2. The Morgan fingerprint density at radius 2 is 1.00 bits per heavy atom. The van der Waals surface area contributed by atoms with Crippen LogP contribution >= 0.6 is 11.3 Å². The Labute approximate surface area is 397 Å². The van der Waals surface area contributed by atoms with Crippen LogP contribution in [0.2, 0.25) is 0 Å². The van der Waals surface area contributed by atoms with E-state index in [9.17, 15) is 0 Å². The first kappa shape index (κ1) is 38.6. The molecule has 0 amide bonds. The van der Waals surface area contributed by atoms with Crippen LogP contribution in [0.3, 0.4) is 0 Å². The normalized spacial score (nSPS) is 14.1. The molecule has 0 bridgehead atoms. The lowest BCUT2D eigenvalue weighted by Crippen LogP contribution is -2.60. The Morgan fingerprint density at radius 3 is 1.64 bits per heavy atom. The number of hydrogen-bond acceptors (Lipinski definition) is 3. The maximum absolute atomic E-state index is 2.61. The molecule has 9 aromatic carbocycles. The monoisotopic (exact) mass is 872 g/mol. The molecule has 0 saturated heterocycles. The second kappa shape index (κ2) is 14.4. The van der Waals surface area contributed by atoms with E-state index in [4.69, 9.17) is 0 Å². The molecule has 0 unspecified atom stereocenters. The molecular weight excluding hydrogens is 828 g/mol. The number of rotatable bonds is 5. The summed E-state index contributed by atoms with van der Waals surface area (Å²) in [5.41, 5.74) is 26.7. The molecule has 0 fully saturated rings. The second-order valence-electron chi connectivity index (χ2n) is 18.9. The lowest BCUT2D eigenvalue weighted by atomic mass is 9.36. The predicted molar refractivity (Wildman–Crippen MR) is 284 cm³/mol. The molecule has 316 valence electrons. The van der Waals surface area contributed by atoms with Crippen molar-refractivity contribution in [1.82, 2.24) is 0 Å². The lowest BCUT2D eigenvalue weighted by molar-refractivity contribution is 0.811. The van der Waals surface area contributed by atoms with E-state index in [0.717, 1.165) is 5.69 Å². The molecule has 0 N–H and O–H groups in total. The van der Waals surface area contributed by atoms with Crippen molar-refractivity contribution in [3.05, 3.63) is 245 Å². The number of aryl methyl sites for hydroxylation is 1. The predicted octanol–water partition coefficient (Wildman–Crippen LogP) is 14.9. The van der Waals surface area contributed by atoms with Crippen molar-refractivity contribution in [2.45, 2.75) is 32.1 Å². The molecular formula is C63H45BN2S. The fraction of sp³-hybridized carbons (Fsp3) is 0.0794. The molecule has 67 heavy (non-hydrogen) atoms. The van der Waals surface area contributed by atoms with Gasteiger partial charge in [0.15, 0.2) is 0 Å². The molecule has 1 spiro atoms. The summed E-state index contributed by atoms with van der Waals surface area (Å²) in [5.74, 6) is 0.397. The summed E-state index contributed by atoms with van der Waals surface area (Å²) in [4.78, 5) is 6.57. The third-order valence-electron chi connectivity index (χ3n) is 15.2. The molecule has 10 aromatic rings.